The van der Waals surface area contributed by atoms with Crippen molar-refractivity contribution in [2.45, 2.75) is 25.3 Å². The van der Waals surface area contributed by atoms with E-state index in [0.717, 1.165) is 19.6 Å². The first-order valence-electron chi connectivity index (χ1n) is 9.04. The Kier molecular flexibility index (Phi) is 7.08. The quantitative estimate of drug-likeness (QED) is 0.675. The molecule has 1 aliphatic heterocycles. The summed E-state index contributed by atoms with van der Waals surface area (Å²) >= 11 is 7.91. The predicted octanol–water partition coefficient (Wildman–Crippen LogP) is 4.41. The molecule has 0 aliphatic carbocycles. The molecule has 140 valence electrons. The third kappa shape index (κ3) is 4.86. The van der Waals surface area contributed by atoms with Gasteiger partial charge in [-0.1, -0.05) is 24.1 Å². The molecule has 0 spiro atoms. The van der Waals surface area contributed by atoms with Gasteiger partial charge in [-0.05, 0) is 55.6 Å². The van der Waals surface area contributed by atoms with Gasteiger partial charge in [-0.25, -0.2) is 0 Å². The molecule has 1 aromatic carbocycles. The number of ketones is 1. The zero-order valence-corrected chi connectivity index (χ0v) is 16.6. The van der Waals surface area contributed by atoms with E-state index in [9.17, 15) is 4.79 Å². The van der Waals surface area contributed by atoms with Gasteiger partial charge in [-0.15, -0.1) is 11.3 Å². The van der Waals surface area contributed by atoms with Gasteiger partial charge in [-0.3, -0.25) is 9.69 Å². The predicted molar refractivity (Wildman–Crippen MR) is 108 cm³/mol. The highest BCUT2D eigenvalue weighted by Gasteiger charge is 2.23. The number of halogens is 1. The van der Waals surface area contributed by atoms with Crippen LogP contribution in [0.1, 0.15) is 40.5 Å². The topological polar surface area (TPSA) is 41.6 Å². The molecule has 1 aliphatic rings. The third-order valence-corrected chi connectivity index (χ3v) is 6.07. The number of thiophene rings is 1. The van der Waals surface area contributed by atoms with Gasteiger partial charge in [0, 0.05) is 17.0 Å². The van der Waals surface area contributed by atoms with Crippen molar-refractivity contribution in [2.75, 3.05) is 33.3 Å². The molecule has 2 heterocycles. The summed E-state index contributed by atoms with van der Waals surface area (Å²) in [5.41, 5.74) is 0.606. The number of Topliss-reactive ketones (excluding diaryl/α,β-unsaturated/α-hetero) is 1. The zero-order chi connectivity index (χ0) is 18.4. The van der Waals surface area contributed by atoms with Gasteiger partial charge < -0.3 is 10.1 Å². The molecule has 3 rings (SSSR count). The number of ether oxygens (including phenoxy) is 1. The monoisotopic (exact) mass is 392 g/mol. The molecule has 0 saturated carbocycles. The van der Waals surface area contributed by atoms with E-state index < -0.39 is 0 Å². The van der Waals surface area contributed by atoms with Crippen LogP contribution in [0.3, 0.4) is 0 Å². The second-order valence-corrected chi connectivity index (χ2v) is 7.92. The summed E-state index contributed by atoms with van der Waals surface area (Å²) in [4.78, 5) is 16.4. The number of benzene rings is 1. The van der Waals surface area contributed by atoms with Crippen LogP contribution >= 0.6 is 22.9 Å². The molecule has 1 saturated heterocycles. The molecular formula is C20H25ClN2O2S. The van der Waals surface area contributed by atoms with Gasteiger partial charge in [0.15, 0.2) is 5.78 Å². The van der Waals surface area contributed by atoms with Crippen LogP contribution in [0.2, 0.25) is 5.02 Å². The number of hydrogen-bond acceptors (Lipinski definition) is 5. The largest absolute Gasteiger partial charge is 0.495 e. The zero-order valence-electron chi connectivity index (χ0n) is 15.0. The lowest BCUT2D eigenvalue weighted by atomic mass is 10.1. The van der Waals surface area contributed by atoms with Crippen LogP contribution in [0.4, 0.5) is 0 Å². The molecule has 1 N–H and O–H groups in total. The Bertz CT molecular complexity index is 715. The van der Waals surface area contributed by atoms with Gasteiger partial charge in [0.05, 0.1) is 24.7 Å². The van der Waals surface area contributed by atoms with Crippen LogP contribution in [-0.2, 0) is 0 Å². The molecule has 1 fully saturated rings. The Labute approximate surface area is 164 Å². The van der Waals surface area contributed by atoms with Crippen LogP contribution in [-0.4, -0.2) is 44.0 Å². The summed E-state index contributed by atoms with van der Waals surface area (Å²) in [5.74, 6) is 0.622. The highest BCUT2D eigenvalue weighted by atomic mass is 35.5. The van der Waals surface area contributed by atoms with Crippen molar-refractivity contribution in [3.8, 4) is 5.75 Å². The normalized spacial score (nSPS) is 16.4. The van der Waals surface area contributed by atoms with Crippen molar-refractivity contribution in [1.29, 1.82) is 0 Å². The van der Waals surface area contributed by atoms with E-state index in [4.69, 9.17) is 16.3 Å². The fourth-order valence-electron chi connectivity index (χ4n) is 3.38. The van der Waals surface area contributed by atoms with E-state index in [1.54, 1.807) is 36.6 Å². The molecule has 0 amide bonds. The second-order valence-electron chi connectivity index (χ2n) is 6.53. The van der Waals surface area contributed by atoms with Crippen molar-refractivity contribution >= 4 is 28.7 Å². The van der Waals surface area contributed by atoms with Crippen molar-refractivity contribution in [3.63, 3.8) is 0 Å². The van der Waals surface area contributed by atoms with E-state index in [1.165, 1.54) is 24.1 Å². The highest BCUT2D eigenvalue weighted by molar-refractivity contribution is 7.10. The van der Waals surface area contributed by atoms with E-state index in [-0.39, 0.29) is 5.78 Å². The Balaban J connectivity index is 1.59. The summed E-state index contributed by atoms with van der Waals surface area (Å²) < 4.78 is 5.14. The van der Waals surface area contributed by atoms with E-state index >= 15 is 0 Å². The highest BCUT2D eigenvalue weighted by Crippen LogP contribution is 2.28. The number of nitrogens with zero attached hydrogens (tertiary/aromatic N) is 1. The minimum atomic E-state index is 0.0399. The SMILES string of the molecule is COc1ccc(C(=O)CNCC(c2cccs2)N2CCCCC2)cc1Cl. The number of carbonyl (C=O) groups excluding carboxylic acids is 1. The Morgan fingerprint density at radius 2 is 2.12 bits per heavy atom. The average Bonchev–Trinajstić information content (AvgIpc) is 3.20. The molecule has 6 heteroatoms. The molecule has 1 aromatic heterocycles. The first-order chi connectivity index (χ1) is 12.7. The number of piperidine rings is 1. The van der Waals surface area contributed by atoms with E-state index in [2.05, 4.69) is 27.7 Å². The molecule has 2 aromatic rings. The van der Waals surface area contributed by atoms with E-state index in [1.807, 2.05) is 0 Å². The molecule has 0 bridgehead atoms. The second kappa shape index (κ2) is 9.51. The lowest BCUT2D eigenvalue weighted by Crippen LogP contribution is -2.39. The number of rotatable bonds is 8. The van der Waals surface area contributed by atoms with Crippen molar-refractivity contribution < 1.29 is 9.53 Å². The van der Waals surface area contributed by atoms with Crippen molar-refractivity contribution in [1.82, 2.24) is 10.2 Å². The fraction of sp³-hybridized carbons (Fsp3) is 0.450. The van der Waals surface area contributed by atoms with Crippen LogP contribution in [0, 0.1) is 0 Å². The Hall–Kier alpha value is -1.40. The smallest absolute Gasteiger partial charge is 0.176 e. The Morgan fingerprint density at radius 1 is 1.31 bits per heavy atom. The minimum Gasteiger partial charge on any atom is -0.495 e. The first-order valence-corrected chi connectivity index (χ1v) is 10.3. The lowest BCUT2D eigenvalue weighted by Gasteiger charge is -2.34. The van der Waals surface area contributed by atoms with Crippen molar-refractivity contribution in [2.24, 2.45) is 0 Å². The summed E-state index contributed by atoms with van der Waals surface area (Å²) in [7, 11) is 1.57. The first kappa shape index (κ1) is 19.4. The summed E-state index contributed by atoms with van der Waals surface area (Å²) in [5, 5.41) is 5.94. The lowest BCUT2D eigenvalue weighted by molar-refractivity contribution is 0.0984. The maximum Gasteiger partial charge on any atom is 0.176 e. The summed E-state index contributed by atoms with van der Waals surface area (Å²) in [6, 6.07) is 9.79. The number of methoxy groups -OCH3 is 1. The molecule has 1 atom stereocenters. The van der Waals surface area contributed by atoms with Crippen LogP contribution < -0.4 is 10.1 Å². The minimum absolute atomic E-state index is 0.0399. The van der Waals surface area contributed by atoms with Crippen LogP contribution in [0.5, 0.6) is 5.75 Å². The van der Waals surface area contributed by atoms with Gasteiger partial charge in [0.1, 0.15) is 5.75 Å². The summed E-state index contributed by atoms with van der Waals surface area (Å²) in [6.07, 6.45) is 3.83. The average molecular weight is 393 g/mol. The maximum atomic E-state index is 12.5. The molecule has 4 nitrogen and oxygen atoms in total. The van der Waals surface area contributed by atoms with Gasteiger partial charge >= 0.3 is 0 Å². The van der Waals surface area contributed by atoms with Crippen LogP contribution in [0.25, 0.3) is 0 Å². The van der Waals surface area contributed by atoms with Crippen LogP contribution in [0.15, 0.2) is 35.7 Å². The number of hydrogen-bond donors (Lipinski definition) is 1. The molecule has 1 unspecified atom stereocenters. The standard InChI is InChI=1S/C20H25ClN2O2S/c1-25-19-8-7-15(12-16(19)21)18(24)14-22-13-17(20-6-5-11-26-20)23-9-3-2-4-10-23/h5-8,11-12,17,22H,2-4,9-10,13-14H2,1H3. The fourth-order valence-corrected chi connectivity index (χ4v) is 4.50. The van der Waals surface area contributed by atoms with Gasteiger partial charge in [-0.2, -0.15) is 0 Å². The number of likely N-dealkylation sites (tertiary alicyclic amines) is 1. The van der Waals surface area contributed by atoms with E-state index in [0.29, 0.717) is 28.9 Å². The van der Waals surface area contributed by atoms with Gasteiger partial charge in [0.25, 0.3) is 0 Å². The Morgan fingerprint density at radius 3 is 2.77 bits per heavy atom. The van der Waals surface area contributed by atoms with Gasteiger partial charge in [0.2, 0.25) is 0 Å². The molecule has 0 radical (unpaired) electrons. The third-order valence-electron chi connectivity index (χ3n) is 4.80. The molecular weight excluding hydrogens is 368 g/mol. The maximum absolute atomic E-state index is 12.5. The van der Waals surface area contributed by atoms with Crippen molar-refractivity contribution in [3.05, 3.63) is 51.2 Å². The number of nitrogens with one attached hydrogen (secondary N) is 1. The number of carbonyl (C=O) groups is 1. The summed E-state index contributed by atoms with van der Waals surface area (Å²) in [6.45, 7) is 3.34. The molecule has 26 heavy (non-hydrogen) atoms.